The molecule has 0 radical (unpaired) electrons. The van der Waals surface area contributed by atoms with E-state index in [9.17, 15) is 4.79 Å². The van der Waals surface area contributed by atoms with Crippen molar-refractivity contribution in [2.75, 3.05) is 26.7 Å². The maximum atomic E-state index is 11.8. The third-order valence-electron chi connectivity index (χ3n) is 2.77. The van der Waals surface area contributed by atoms with E-state index >= 15 is 0 Å². The molecule has 1 amide bonds. The molecule has 0 bridgehead atoms. The van der Waals surface area contributed by atoms with Gasteiger partial charge >= 0.3 is 6.09 Å². The molecule has 5 heteroatoms. The van der Waals surface area contributed by atoms with Gasteiger partial charge in [0.25, 0.3) is 0 Å². The van der Waals surface area contributed by atoms with Crippen LogP contribution in [-0.2, 0) is 9.47 Å². The molecule has 1 unspecified atom stereocenters. The van der Waals surface area contributed by atoms with Crippen LogP contribution in [0.3, 0.4) is 0 Å². The molecule has 1 heterocycles. The summed E-state index contributed by atoms with van der Waals surface area (Å²) >= 11 is 0. The van der Waals surface area contributed by atoms with Crippen molar-refractivity contribution >= 4 is 6.09 Å². The minimum Gasteiger partial charge on any atom is -0.444 e. The van der Waals surface area contributed by atoms with Gasteiger partial charge in [-0.3, -0.25) is 0 Å². The summed E-state index contributed by atoms with van der Waals surface area (Å²) in [6.07, 6.45) is 0.471. The first-order valence-corrected chi connectivity index (χ1v) is 5.55. The normalized spacial score (nSPS) is 25.9. The monoisotopic (exact) mass is 230 g/mol. The summed E-state index contributed by atoms with van der Waals surface area (Å²) in [5, 5.41) is 0. The van der Waals surface area contributed by atoms with Crippen LogP contribution in [0.2, 0.25) is 0 Å². The zero-order valence-corrected chi connectivity index (χ0v) is 10.6. The van der Waals surface area contributed by atoms with Crippen molar-refractivity contribution in [2.24, 2.45) is 5.73 Å². The van der Waals surface area contributed by atoms with Crippen molar-refractivity contribution in [3.05, 3.63) is 0 Å². The van der Waals surface area contributed by atoms with E-state index in [-0.39, 0.29) is 6.09 Å². The lowest BCUT2D eigenvalue weighted by Crippen LogP contribution is -2.44. The molecule has 1 aliphatic heterocycles. The first kappa shape index (κ1) is 13.3. The van der Waals surface area contributed by atoms with Gasteiger partial charge < -0.3 is 20.1 Å². The number of nitrogens with two attached hydrogens (primary N) is 1. The average molecular weight is 230 g/mol. The fraction of sp³-hybridized carbons (Fsp3) is 0.909. The van der Waals surface area contributed by atoms with E-state index in [0.29, 0.717) is 19.6 Å². The SMILES string of the molecule is COC1(CN)CCN(C(=O)OC(C)(C)C)C1. The molecule has 0 aliphatic carbocycles. The summed E-state index contributed by atoms with van der Waals surface area (Å²) in [4.78, 5) is 13.4. The Morgan fingerprint density at radius 1 is 1.50 bits per heavy atom. The molecular weight excluding hydrogens is 208 g/mol. The Kier molecular flexibility index (Phi) is 3.80. The molecule has 0 aromatic rings. The number of amides is 1. The van der Waals surface area contributed by atoms with Crippen LogP contribution in [0, 0.1) is 0 Å². The lowest BCUT2D eigenvalue weighted by molar-refractivity contribution is -0.00372. The van der Waals surface area contributed by atoms with Crippen LogP contribution in [0.1, 0.15) is 27.2 Å². The van der Waals surface area contributed by atoms with Gasteiger partial charge in [-0.1, -0.05) is 0 Å². The van der Waals surface area contributed by atoms with Crippen molar-refractivity contribution in [1.29, 1.82) is 0 Å². The summed E-state index contributed by atoms with van der Waals surface area (Å²) in [6, 6.07) is 0. The van der Waals surface area contributed by atoms with Gasteiger partial charge in [0, 0.05) is 20.2 Å². The van der Waals surface area contributed by atoms with E-state index in [4.69, 9.17) is 15.2 Å². The number of hydrogen-bond acceptors (Lipinski definition) is 4. The lowest BCUT2D eigenvalue weighted by Gasteiger charge is -2.27. The number of nitrogens with zero attached hydrogens (tertiary/aromatic N) is 1. The second-order valence-electron chi connectivity index (χ2n) is 5.24. The summed E-state index contributed by atoms with van der Waals surface area (Å²) in [6.45, 7) is 7.13. The van der Waals surface area contributed by atoms with Crippen molar-refractivity contribution < 1.29 is 14.3 Å². The number of ether oxygens (including phenoxy) is 2. The van der Waals surface area contributed by atoms with Crippen molar-refractivity contribution in [2.45, 2.75) is 38.4 Å². The van der Waals surface area contributed by atoms with E-state index in [1.807, 2.05) is 20.8 Å². The fourth-order valence-corrected chi connectivity index (χ4v) is 1.74. The largest absolute Gasteiger partial charge is 0.444 e. The Labute approximate surface area is 96.9 Å². The summed E-state index contributed by atoms with van der Waals surface area (Å²) < 4.78 is 10.7. The van der Waals surface area contributed by atoms with Gasteiger partial charge in [-0.25, -0.2) is 4.79 Å². The fourth-order valence-electron chi connectivity index (χ4n) is 1.74. The Morgan fingerprint density at radius 2 is 2.12 bits per heavy atom. The average Bonchev–Trinajstić information content (AvgIpc) is 2.60. The predicted molar refractivity (Wildman–Crippen MR) is 61.2 cm³/mol. The van der Waals surface area contributed by atoms with Crippen LogP contribution >= 0.6 is 0 Å². The smallest absolute Gasteiger partial charge is 0.410 e. The van der Waals surface area contributed by atoms with Gasteiger partial charge in [0.2, 0.25) is 0 Å². The molecule has 94 valence electrons. The number of carbonyl (C=O) groups excluding carboxylic acids is 1. The Morgan fingerprint density at radius 3 is 2.50 bits per heavy atom. The van der Waals surface area contributed by atoms with Gasteiger partial charge in [-0.15, -0.1) is 0 Å². The molecular formula is C11H22N2O3. The molecule has 0 aromatic heterocycles. The highest BCUT2D eigenvalue weighted by Gasteiger charge is 2.40. The van der Waals surface area contributed by atoms with Gasteiger partial charge in [0.1, 0.15) is 5.60 Å². The molecule has 1 saturated heterocycles. The third kappa shape index (κ3) is 3.09. The van der Waals surface area contributed by atoms with Gasteiger partial charge in [0.15, 0.2) is 0 Å². The van der Waals surface area contributed by atoms with Gasteiger partial charge in [-0.05, 0) is 27.2 Å². The van der Waals surface area contributed by atoms with Crippen LogP contribution in [-0.4, -0.2) is 48.9 Å². The van der Waals surface area contributed by atoms with Crippen molar-refractivity contribution in [3.63, 3.8) is 0 Å². The second kappa shape index (κ2) is 4.59. The Hall–Kier alpha value is -0.810. The Balaban J connectivity index is 2.56. The second-order valence-corrected chi connectivity index (χ2v) is 5.24. The van der Waals surface area contributed by atoms with Crippen LogP contribution in [0.5, 0.6) is 0 Å². The van der Waals surface area contributed by atoms with Crippen LogP contribution in [0.15, 0.2) is 0 Å². The highest BCUT2D eigenvalue weighted by atomic mass is 16.6. The van der Waals surface area contributed by atoms with Crippen LogP contribution in [0.25, 0.3) is 0 Å². The molecule has 0 aromatic carbocycles. The summed E-state index contributed by atoms with van der Waals surface area (Å²) in [7, 11) is 1.63. The van der Waals surface area contributed by atoms with Crippen molar-refractivity contribution in [3.8, 4) is 0 Å². The predicted octanol–water partition coefficient (Wildman–Crippen LogP) is 0.971. The minimum atomic E-state index is -0.460. The molecule has 1 atom stereocenters. The third-order valence-corrected chi connectivity index (χ3v) is 2.77. The topological polar surface area (TPSA) is 64.8 Å². The van der Waals surface area contributed by atoms with E-state index < -0.39 is 11.2 Å². The summed E-state index contributed by atoms with van der Waals surface area (Å²) in [5.41, 5.74) is 4.81. The van der Waals surface area contributed by atoms with Crippen LogP contribution in [0.4, 0.5) is 4.79 Å². The number of methoxy groups -OCH3 is 1. The highest BCUT2D eigenvalue weighted by molar-refractivity contribution is 5.68. The van der Waals surface area contributed by atoms with E-state index in [1.54, 1.807) is 12.0 Å². The van der Waals surface area contributed by atoms with Gasteiger partial charge in [0.05, 0.1) is 12.1 Å². The zero-order chi connectivity index (χ0) is 12.4. The number of hydrogen-bond donors (Lipinski definition) is 1. The number of likely N-dealkylation sites (tertiary alicyclic amines) is 1. The molecule has 5 nitrogen and oxygen atoms in total. The molecule has 0 spiro atoms. The van der Waals surface area contributed by atoms with E-state index in [0.717, 1.165) is 6.42 Å². The molecule has 2 N–H and O–H groups in total. The molecule has 1 fully saturated rings. The number of rotatable bonds is 2. The maximum Gasteiger partial charge on any atom is 0.410 e. The molecule has 1 rings (SSSR count). The van der Waals surface area contributed by atoms with E-state index in [2.05, 4.69) is 0 Å². The maximum absolute atomic E-state index is 11.8. The minimum absolute atomic E-state index is 0.292. The van der Waals surface area contributed by atoms with E-state index in [1.165, 1.54) is 0 Å². The summed E-state index contributed by atoms with van der Waals surface area (Å²) in [5.74, 6) is 0. The molecule has 16 heavy (non-hydrogen) atoms. The molecule has 0 saturated carbocycles. The molecule has 1 aliphatic rings. The first-order valence-electron chi connectivity index (χ1n) is 5.55. The van der Waals surface area contributed by atoms with Crippen molar-refractivity contribution in [1.82, 2.24) is 4.90 Å². The first-order chi connectivity index (χ1) is 7.32. The lowest BCUT2D eigenvalue weighted by atomic mass is 10.0. The zero-order valence-electron chi connectivity index (χ0n) is 10.6. The Bertz CT molecular complexity index is 256. The van der Waals surface area contributed by atoms with Crippen LogP contribution < -0.4 is 5.73 Å². The highest BCUT2D eigenvalue weighted by Crippen LogP contribution is 2.25. The van der Waals surface area contributed by atoms with Gasteiger partial charge in [-0.2, -0.15) is 0 Å². The number of carbonyl (C=O) groups is 1. The standard InChI is InChI=1S/C11H22N2O3/c1-10(2,3)16-9(14)13-6-5-11(7-12,8-13)15-4/h5-8,12H2,1-4H3. The quantitative estimate of drug-likeness (QED) is 0.767.